The highest BCUT2D eigenvalue weighted by atomic mass is 16.5. The molecule has 1 heterocycles. The van der Waals surface area contributed by atoms with Gasteiger partial charge in [0, 0.05) is 0 Å². The highest BCUT2D eigenvalue weighted by Crippen LogP contribution is 2.50. The van der Waals surface area contributed by atoms with Crippen LogP contribution in [-0.2, 0) is 4.74 Å². The minimum Gasteiger partial charge on any atom is -0.390 e. The third kappa shape index (κ3) is 1.77. The normalized spacial score (nSPS) is 40.8. The lowest BCUT2D eigenvalue weighted by atomic mass is 9.80. The van der Waals surface area contributed by atoms with Crippen LogP contribution in [0.1, 0.15) is 64.7 Å². The highest BCUT2D eigenvalue weighted by Gasteiger charge is 2.52. The van der Waals surface area contributed by atoms with Gasteiger partial charge in [0.1, 0.15) is 5.60 Å². The van der Waals surface area contributed by atoms with Gasteiger partial charge in [-0.15, -0.1) is 0 Å². The summed E-state index contributed by atoms with van der Waals surface area (Å²) in [6, 6.07) is 0. The third-order valence-electron chi connectivity index (χ3n) is 5.09. The standard InChI is InChI=1S/C15H24O2/c1-12-11-15(10-6-3-7-13(15)16)17-14(12)8-4-2-5-9-14/h11,13,16H,2-10H2,1H3/t13-,15-/m0/s1. The van der Waals surface area contributed by atoms with Crippen LogP contribution in [-0.4, -0.2) is 22.4 Å². The summed E-state index contributed by atoms with van der Waals surface area (Å²) in [5.41, 5.74) is 1.04. The fourth-order valence-electron chi connectivity index (χ4n) is 4.03. The van der Waals surface area contributed by atoms with Crippen molar-refractivity contribution in [3.8, 4) is 0 Å². The summed E-state index contributed by atoms with van der Waals surface area (Å²) in [4.78, 5) is 0. The van der Waals surface area contributed by atoms with Gasteiger partial charge in [0.05, 0.1) is 11.7 Å². The van der Waals surface area contributed by atoms with Crippen LogP contribution >= 0.6 is 0 Å². The molecule has 0 aromatic carbocycles. The zero-order valence-corrected chi connectivity index (χ0v) is 10.9. The van der Waals surface area contributed by atoms with E-state index in [4.69, 9.17) is 4.74 Å². The molecule has 3 rings (SSSR count). The smallest absolute Gasteiger partial charge is 0.114 e. The molecule has 1 N–H and O–H groups in total. The van der Waals surface area contributed by atoms with Crippen molar-refractivity contribution in [3.05, 3.63) is 11.6 Å². The molecule has 96 valence electrons. The van der Waals surface area contributed by atoms with Crippen LogP contribution in [0.4, 0.5) is 0 Å². The van der Waals surface area contributed by atoms with Gasteiger partial charge in [-0.25, -0.2) is 0 Å². The van der Waals surface area contributed by atoms with Crippen molar-refractivity contribution in [1.82, 2.24) is 0 Å². The molecule has 2 fully saturated rings. The maximum Gasteiger partial charge on any atom is 0.114 e. The molecule has 2 aliphatic carbocycles. The van der Waals surface area contributed by atoms with E-state index in [1.165, 1.54) is 31.3 Å². The Hall–Kier alpha value is -0.340. The first-order valence-electron chi connectivity index (χ1n) is 7.25. The van der Waals surface area contributed by atoms with Crippen molar-refractivity contribution in [3.63, 3.8) is 0 Å². The van der Waals surface area contributed by atoms with Crippen LogP contribution in [0.2, 0.25) is 0 Å². The molecule has 2 spiro atoms. The SMILES string of the molecule is CC1=C[C@]2(CCCC[C@@H]2O)OC12CCCCC2. The Morgan fingerprint density at radius 1 is 1.12 bits per heavy atom. The van der Waals surface area contributed by atoms with Gasteiger partial charge in [-0.1, -0.05) is 32.1 Å². The van der Waals surface area contributed by atoms with Crippen LogP contribution in [0.5, 0.6) is 0 Å². The quantitative estimate of drug-likeness (QED) is 0.654. The zero-order valence-electron chi connectivity index (χ0n) is 10.9. The van der Waals surface area contributed by atoms with Crippen molar-refractivity contribution in [2.24, 2.45) is 0 Å². The van der Waals surface area contributed by atoms with Crippen LogP contribution in [0.3, 0.4) is 0 Å². The fraction of sp³-hybridized carbons (Fsp3) is 0.867. The van der Waals surface area contributed by atoms with Crippen LogP contribution in [0, 0.1) is 0 Å². The van der Waals surface area contributed by atoms with Gasteiger partial charge in [0.25, 0.3) is 0 Å². The second-order valence-electron chi connectivity index (χ2n) is 6.20. The predicted molar refractivity (Wildman–Crippen MR) is 67.9 cm³/mol. The minimum absolute atomic E-state index is 0.0173. The Morgan fingerprint density at radius 3 is 2.53 bits per heavy atom. The third-order valence-corrected chi connectivity index (χ3v) is 5.09. The Morgan fingerprint density at radius 2 is 1.82 bits per heavy atom. The average molecular weight is 236 g/mol. The Kier molecular flexibility index (Phi) is 2.83. The Labute approximate surface area is 104 Å². The Bertz CT molecular complexity index is 328. The van der Waals surface area contributed by atoms with E-state index in [1.807, 2.05) is 0 Å². The van der Waals surface area contributed by atoms with E-state index in [0.717, 1.165) is 32.1 Å². The number of aliphatic hydroxyl groups is 1. The summed E-state index contributed by atoms with van der Waals surface area (Å²) >= 11 is 0. The molecule has 0 bridgehead atoms. The monoisotopic (exact) mass is 236 g/mol. The van der Waals surface area contributed by atoms with Gasteiger partial charge in [-0.2, -0.15) is 0 Å². The summed E-state index contributed by atoms with van der Waals surface area (Å²) in [5.74, 6) is 0. The fourth-order valence-corrected chi connectivity index (χ4v) is 4.03. The van der Waals surface area contributed by atoms with E-state index in [2.05, 4.69) is 13.0 Å². The van der Waals surface area contributed by atoms with Crippen LogP contribution in [0.25, 0.3) is 0 Å². The molecule has 2 saturated carbocycles. The predicted octanol–water partition coefficient (Wildman–Crippen LogP) is 3.34. The van der Waals surface area contributed by atoms with E-state index in [0.29, 0.717) is 0 Å². The molecule has 17 heavy (non-hydrogen) atoms. The van der Waals surface area contributed by atoms with Crippen molar-refractivity contribution < 1.29 is 9.84 Å². The Balaban J connectivity index is 1.87. The first kappa shape index (κ1) is 11.7. The van der Waals surface area contributed by atoms with Crippen molar-refractivity contribution in [1.29, 1.82) is 0 Å². The summed E-state index contributed by atoms with van der Waals surface area (Å²) in [7, 11) is 0. The topological polar surface area (TPSA) is 29.5 Å². The number of ether oxygens (including phenoxy) is 1. The molecule has 0 aromatic rings. The number of rotatable bonds is 0. The first-order valence-corrected chi connectivity index (χ1v) is 7.25. The zero-order chi connectivity index (χ0) is 11.9. The molecule has 0 unspecified atom stereocenters. The van der Waals surface area contributed by atoms with Gasteiger partial charge >= 0.3 is 0 Å². The molecule has 2 nitrogen and oxygen atoms in total. The summed E-state index contributed by atoms with van der Waals surface area (Å²) in [6.07, 6.45) is 12.4. The molecule has 0 radical (unpaired) electrons. The molecule has 0 aromatic heterocycles. The minimum atomic E-state index is -0.334. The van der Waals surface area contributed by atoms with Gasteiger partial charge in [0.2, 0.25) is 0 Å². The molecule has 0 amide bonds. The van der Waals surface area contributed by atoms with Gasteiger partial charge in [-0.3, -0.25) is 0 Å². The number of aliphatic hydroxyl groups excluding tert-OH is 1. The first-order chi connectivity index (χ1) is 8.17. The second-order valence-corrected chi connectivity index (χ2v) is 6.20. The van der Waals surface area contributed by atoms with E-state index in [9.17, 15) is 5.11 Å². The molecular weight excluding hydrogens is 212 g/mol. The average Bonchev–Trinajstić information content (AvgIpc) is 2.59. The largest absolute Gasteiger partial charge is 0.390 e. The lowest BCUT2D eigenvalue weighted by Gasteiger charge is -2.43. The second kappa shape index (κ2) is 4.10. The maximum absolute atomic E-state index is 10.3. The van der Waals surface area contributed by atoms with E-state index in [-0.39, 0.29) is 17.3 Å². The molecular formula is C15H24O2. The van der Waals surface area contributed by atoms with Crippen molar-refractivity contribution >= 4 is 0 Å². The van der Waals surface area contributed by atoms with Gasteiger partial charge < -0.3 is 9.84 Å². The van der Waals surface area contributed by atoms with E-state index in [1.54, 1.807) is 0 Å². The maximum atomic E-state index is 10.3. The van der Waals surface area contributed by atoms with E-state index < -0.39 is 0 Å². The molecule has 0 saturated heterocycles. The summed E-state index contributed by atoms with van der Waals surface area (Å²) in [5, 5.41) is 10.3. The molecule has 2 atom stereocenters. The van der Waals surface area contributed by atoms with Crippen LogP contribution < -0.4 is 0 Å². The van der Waals surface area contributed by atoms with Crippen LogP contribution in [0.15, 0.2) is 11.6 Å². The van der Waals surface area contributed by atoms with Crippen molar-refractivity contribution in [2.45, 2.75) is 82.0 Å². The van der Waals surface area contributed by atoms with Crippen molar-refractivity contribution in [2.75, 3.05) is 0 Å². The van der Waals surface area contributed by atoms with Gasteiger partial charge in [0.15, 0.2) is 0 Å². The van der Waals surface area contributed by atoms with Gasteiger partial charge in [-0.05, 0) is 44.3 Å². The van der Waals surface area contributed by atoms with E-state index >= 15 is 0 Å². The molecule has 2 heteroatoms. The lowest BCUT2D eigenvalue weighted by Crippen LogP contribution is -2.48. The summed E-state index contributed by atoms with van der Waals surface area (Å²) in [6.45, 7) is 2.21. The molecule has 3 aliphatic rings. The number of hydrogen-bond acceptors (Lipinski definition) is 2. The summed E-state index contributed by atoms with van der Waals surface area (Å²) < 4.78 is 6.50. The number of hydrogen-bond donors (Lipinski definition) is 1. The lowest BCUT2D eigenvalue weighted by molar-refractivity contribution is -0.168. The highest BCUT2D eigenvalue weighted by molar-refractivity contribution is 5.29. The molecule has 1 aliphatic heterocycles.